The van der Waals surface area contributed by atoms with Crippen molar-refractivity contribution in [3.05, 3.63) is 88.3 Å². The van der Waals surface area contributed by atoms with Gasteiger partial charge in [-0.15, -0.1) is 0 Å². The molecule has 1 amide bonds. The van der Waals surface area contributed by atoms with Crippen molar-refractivity contribution in [3.8, 4) is 0 Å². The minimum Gasteiger partial charge on any atom is -0.368 e. The molecule has 11 heteroatoms. The molecule has 2 aromatic carbocycles. The standard InChI is InChI=1S/C27H24F5N3O3/c1-14(18-7-16(12-28)8-20(9-18)27(30,31)32)37-23-13-35-22(25(23)17-3-5-21(29)6-4-17)10-19(11-24(35)36)26-33-15(2)34-38-26/h3-9,11,14,22-23,25H,10,12-13H2,1-2H3/t14-,22?,23+,25?/m1/s1. The van der Waals surface area contributed by atoms with Crippen molar-refractivity contribution in [2.45, 2.75) is 57.3 Å². The van der Waals surface area contributed by atoms with E-state index in [0.29, 0.717) is 23.4 Å². The molecule has 1 aromatic heterocycles. The lowest BCUT2D eigenvalue weighted by molar-refractivity contribution is -0.137. The predicted molar refractivity (Wildman–Crippen MR) is 126 cm³/mol. The molecule has 5 rings (SSSR count). The Bertz CT molecular complexity index is 1370. The number of halogens is 5. The Morgan fingerprint density at radius 2 is 1.92 bits per heavy atom. The van der Waals surface area contributed by atoms with Crippen LogP contribution in [0.4, 0.5) is 22.0 Å². The third-order valence-corrected chi connectivity index (χ3v) is 7.00. The molecular formula is C27H24F5N3O3. The van der Waals surface area contributed by atoms with Crippen LogP contribution in [0.2, 0.25) is 0 Å². The molecule has 0 radical (unpaired) electrons. The number of alkyl halides is 4. The van der Waals surface area contributed by atoms with Gasteiger partial charge in [-0.25, -0.2) is 8.78 Å². The van der Waals surface area contributed by atoms with Gasteiger partial charge in [0, 0.05) is 30.2 Å². The molecule has 0 spiro atoms. The highest BCUT2D eigenvalue weighted by atomic mass is 19.4. The number of carbonyl (C=O) groups excluding carboxylic acids is 1. The number of benzene rings is 2. The molecular weight excluding hydrogens is 509 g/mol. The molecule has 38 heavy (non-hydrogen) atoms. The van der Waals surface area contributed by atoms with Crippen LogP contribution in [0.5, 0.6) is 0 Å². The summed E-state index contributed by atoms with van der Waals surface area (Å²) in [4.78, 5) is 19.0. The van der Waals surface area contributed by atoms with E-state index >= 15 is 0 Å². The van der Waals surface area contributed by atoms with E-state index < -0.39 is 48.4 Å². The molecule has 0 saturated carbocycles. The smallest absolute Gasteiger partial charge is 0.368 e. The predicted octanol–water partition coefficient (Wildman–Crippen LogP) is 5.93. The van der Waals surface area contributed by atoms with Crippen molar-refractivity contribution in [1.82, 2.24) is 15.0 Å². The van der Waals surface area contributed by atoms with E-state index in [9.17, 15) is 26.7 Å². The van der Waals surface area contributed by atoms with E-state index in [2.05, 4.69) is 10.1 Å². The van der Waals surface area contributed by atoms with Crippen LogP contribution >= 0.6 is 0 Å². The van der Waals surface area contributed by atoms with Crippen molar-refractivity contribution >= 4 is 11.5 Å². The average Bonchev–Trinajstić information content (AvgIpc) is 3.47. The maximum Gasteiger partial charge on any atom is 0.416 e. The summed E-state index contributed by atoms with van der Waals surface area (Å²) >= 11 is 0. The topological polar surface area (TPSA) is 68.5 Å². The number of hydrogen-bond acceptors (Lipinski definition) is 5. The highest BCUT2D eigenvalue weighted by Crippen LogP contribution is 2.44. The summed E-state index contributed by atoms with van der Waals surface area (Å²) < 4.78 is 79.0. The van der Waals surface area contributed by atoms with E-state index in [0.717, 1.165) is 12.1 Å². The minimum atomic E-state index is -4.65. The maximum absolute atomic E-state index is 13.7. The van der Waals surface area contributed by atoms with Crippen LogP contribution in [0.25, 0.3) is 5.57 Å². The number of fused-ring (bicyclic) bond motifs is 1. The van der Waals surface area contributed by atoms with Crippen LogP contribution in [0.15, 0.2) is 53.1 Å². The van der Waals surface area contributed by atoms with E-state index in [1.807, 2.05) is 0 Å². The molecule has 1 saturated heterocycles. The van der Waals surface area contributed by atoms with Crippen LogP contribution in [-0.4, -0.2) is 39.6 Å². The Morgan fingerprint density at radius 3 is 2.55 bits per heavy atom. The van der Waals surface area contributed by atoms with Gasteiger partial charge < -0.3 is 14.2 Å². The number of ether oxygens (including phenoxy) is 1. The normalized spacial score (nSPS) is 22.4. The van der Waals surface area contributed by atoms with Crippen molar-refractivity contribution in [3.63, 3.8) is 0 Å². The SMILES string of the molecule is Cc1noc(C2=CC(=O)N3C[C@H](O[C@H](C)c4cc(CF)cc(C(F)(F)F)c4)C(c4ccc(F)cc4)C3C2)n1. The van der Waals surface area contributed by atoms with Gasteiger partial charge in [0.1, 0.15) is 12.5 Å². The van der Waals surface area contributed by atoms with Crippen LogP contribution in [0.1, 0.15) is 59.3 Å². The largest absolute Gasteiger partial charge is 0.416 e. The number of aromatic nitrogens is 2. The van der Waals surface area contributed by atoms with Gasteiger partial charge in [-0.2, -0.15) is 18.2 Å². The fourth-order valence-electron chi connectivity index (χ4n) is 5.25. The van der Waals surface area contributed by atoms with Crippen LogP contribution in [-0.2, 0) is 22.4 Å². The second-order valence-electron chi connectivity index (χ2n) is 9.57. The minimum absolute atomic E-state index is 0.108. The molecule has 0 N–H and O–H groups in total. The number of aryl methyl sites for hydroxylation is 1. The first-order chi connectivity index (χ1) is 18.0. The summed E-state index contributed by atoms with van der Waals surface area (Å²) in [6.07, 6.45) is -4.34. The highest BCUT2D eigenvalue weighted by molar-refractivity contribution is 5.97. The Morgan fingerprint density at radius 1 is 1.18 bits per heavy atom. The molecule has 0 bridgehead atoms. The Labute approximate surface area is 215 Å². The number of carbonyl (C=O) groups is 1. The molecule has 2 aliphatic heterocycles. The fourth-order valence-corrected chi connectivity index (χ4v) is 5.25. The van der Waals surface area contributed by atoms with Crippen LogP contribution in [0, 0.1) is 12.7 Å². The van der Waals surface area contributed by atoms with Crippen molar-refractivity contribution < 1.29 is 36.0 Å². The van der Waals surface area contributed by atoms with Gasteiger partial charge in [-0.05, 0) is 61.2 Å². The second kappa shape index (κ2) is 9.94. The van der Waals surface area contributed by atoms with Gasteiger partial charge in [0.15, 0.2) is 5.82 Å². The van der Waals surface area contributed by atoms with Gasteiger partial charge in [-0.3, -0.25) is 4.79 Å². The van der Waals surface area contributed by atoms with Gasteiger partial charge in [-0.1, -0.05) is 23.4 Å². The molecule has 0 aliphatic carbocycles. The Kier molecular flexibility index (Phi) is 6.81. The number of rotatable bonds is 6. The molecule has 4 atom stereocenters. The van der Waals surface area contributed by atoms with E-state index in [1.54, 1.807) is 30.9 Å². The summed E-state index contributed by atoms with van der Waals surface area (Å²) in [6.45, 7) is 2.36. The van der Waals surface area contributed by atoms with E-state index in [-0.39, 0.29) is 29.5 Å². The molecule has 2 unspecified atom stereocenters. The van der Waals surface area contributed by atoms with Gasteiger partial charge in [0.2, 0.25) is 5.91 Å². The molecule has 3 heterocycles. The zero-order valence-electron chi connectivity index (χ0n) is 20.5. The fraction of sp³-hybridized carbons (Fsp3) is 0.370. The summed E-state index contributed by atoms with van der Waals surface area (Å²) in [6, 6.07) is 8.49. The van der Waals surface area contributed by atoms with E-state index in [1.165, 1.54) is 24.3 Å². The Hall–Kier alpha value is -3.60. The van der Waals surface area contributed by atoms with Gasteiger partial charge >= 0.3 is 6.18 Å². The first kappa shape index (κ1) is 26.0. The third kappa shape index (κ3) is 5.07. The first-order valence-corrected chi connectivity index (χ1v) is 12.0. The summed E-state index contributed by atoms with van der Waals surface area (Å²) in [5.74, 6) is -0.508. The summed E-state index contributed by atoms with van der Waals surface area (Å²) in [5.41, 5.74) is 0.365. The van der Waals surface area contributed by atoms with E-state index in [4.69, 9.17) is 9.26 Å². The maximum atomic E-state index is 13.7. The number of nitrogens with zero attached hydrogens (tertiary/aromatic N) is 3. The van der Waals surface area contributed by atoms with Crippen molar-refractivity contribution in [2.75, 3.05) is 6.54 Å². The number of amides is 1. The lowest BCUT2D eigenvalue weighted by Crippen LogP contribution is -2.39. The van der Waals surface area contributed by atoms with Gasteiger partial charge in [0.05, 0.1) is 17.8 Å². The Balaban J connectivity index is 1.47. The molecule has 2 aliphatic rings. The average molecular weight is 533 g/mol. The molecule has 6 nitrogen and oxygen atoms in total. The zero-order valence-corrected chi connectivity index (χ0v) is 20.5. The molecule has 1 fully saturated rings. The van der Waals surface area contributed by atoms with Crippen LogP contribution < -0.4 is 0 Å². The van der Waals surface area contributed by atoms with Crippen molar-refractivity contribution in [1.29, 1.82) is 0 Å². The zero-order chi connectivity index (χ0) is 27.2. The number of hydrogen-bond donors (Lipinski definition) is 0. The first-order valence-electron chi connectivity index (χ1n) is 12.0. The van der Waals surface area contributed by atoms with Gasteiger partial charge in [0.25, 0.3) is 5.89 Å². The second-order valence-corrected chi connectivity index (χ2v) is 9.57. The van der Waals surface area contributed by atoms with Crippen molar-refractivity contribution in [2.24, 2.45) is 0 Å². The quantitative estimate of drug-likeness (QED) is 0.367. The lowest BCUT2D eigenvalue weighted by atomic mass is 9.85. The lowest BCUT2D eigenvalue weighted by Gasteiger charge is -2.31. The third-order valence-electron chi connectivity index (χ3n) is 7.00. The highest BCUT2D eigenvalue weighted by Gasteiger charge is 2.48. The summed E-state index contributed by atoms with van der Waals surface area (Å²) in [5, 5.41) is 3.79. The van der Waals surface area contributed by atoms with Crippen LogP contribution in [0.3, 0.4) is 0 Å². The summed E-state index contributed by atoms with van der Waals surface area (Å²) in [7, 11) is 0. The molecule has 200 valence electrons. The molecule has 3 aromatic rings. The monoisotopic (exact) mass is 533 g/mol.